The smallest absolute Gasteiger partial charge is 0.279 e. The Kier molecular flexibility index (Phi) is 7.28. The molecule has 114 valence electrons. The zero-order valence-electron chi connectivity index (χ0n) is 12.5. The molecular weight excluding hydrogens is 262 g/mol. The van der Waals surface area contributed by atoms with Gasteiger partial charge in [0, 0.05) is 26.2 Å². The van der Waals surface area contributed by atoms with Crippen LogP contribution < -0.4 is 10.0 Å². The predicted octanol–water partition coefficient (Wildman–Crippen LogP) is 1.33. The van der Waals surface area contributed by atoms with Gasteiger partial charge in [-0.05, 0) is 31.7 Å². The quantitative estimate of drug-likeness (QED) is 0.565. The molecule has 2 N–H and O–H groups in total. The van der Waals surface area contributed by atoms with E-state index in [2.05, 4.69) is 23.9 Å². The van der Waals surface area contributed by atoms with Crippen molar-refractivity contribution < 1.29 is 8.42 Å². The van der Waals surface area contributed by atoms with Crippen LogP contribution in [0.25, 0.3) is 0 Å². The van der Waals surface area contributed by atoms with Gasteiger partial charge in [-0.15, -0.1) is 0 Å². The molecule has 0 spiro atoms. The number of rotatable bonds is 11. The maximum absolute atomic E-state index is 12.0. The Bertz CT molecular complexity index is 338. The molecule has 0 unspecified atom stereocenters. The number of nitrogens with zero attached hydrogens (tertiary/aromatic N) is 1. The fourth-order valence-corrected chi connectivity index (χ4v) is 2.96. The van der Waals surface area contributed by atoms with Crippen LogP contribution in [0.4, 0.5) is 0 Å². The van der Waals surface area contributed by atoms with E-state index in [9.17, 15) is 8.42 Å². The maximum Gasteiger partial charge on any atom is 0.279 e. The summed E-state index contributed by atoms with van der Waals surface area (Å²) in [5, 5.41) is 3.39. The second-order valence-corrected chi connectivity index (χ2v) is 7.30. The molecule has 0 saturated heterocycles. The minimum atomic E-state index is -3.31. The molecule has 0 aromatic carbocycles. The molecule has 1 fully saturated rings. The second-order valence-electron chi connectivity index (χ2n) is 5.44. The Balaban J connectivity index is 2.21. The summed E-state index contributed by atoms with van der Waals surface area (Å²) in [6.45, 7) is 6.19. The van der Waals surface area contributed by atoms with Gasteiger partial charge in [-0.25, -0.2) is 4.72 Å². The van der Waals surface area contributed by atoms with Crippen LogP contribution in [0.2, 0.25) is 0 Å². The first-order valence-corrected chi connectivity index (χ1v) is 8.87. The summed E-state index contributed by atoms with van der Waals surface area (Å²) in [4.78, 5) is 0. The maximum atomic E-state index is 12.0. The lowest BCUT2D eigenvalue weighted by molar-refractivity contribution is 0.427. The molecule has 0 radical (unpaired) electrons. The summed E-state index contributed by atoms with van der Waals surface area (Å²) >= 11 is 0. The standard InChI is InChI=1S/C13H29N3O2S/c1-4-12(5-2)11-15-19(17,18)16(3)10-6-9-14-13-7-8-13/h12-15H,4-11H2,1-3H3. The zero-order valence-corrected chi connectivity index (χ0v) is 13.3. The van der Waals surface area contributed by atoms with Crippen LogP contribution in [0.15, 0.2) is 0 Å². The van der Waals surface area contributed by atoms with Gasteiger partial charge >= 0.3 is 0 Å². The third-order valence-electron chi connectivity index (χ3n) is 3.78. The van der Waals surface area contributed by atoms with Crippen LogP contribution >= 0.6 is 0 Å². The van der Waals surface area contributed by atoms with E-state index in [-0.39, 0.29) is 0 Å². The first-order chi connectivity index (χ1) is 8.99. The van der Waals surface area contributed by atoms with Crippen LogP contribution in [0, 0.1) is 5.92 Å². The van der Waals surface area contributed by atoms with E-state index >= 15 is 0 Å². The Morgan fingerprint density at radius 1 is 1.26 bits per heavy atom. The SMILES string of the molecule is CCC(CC)CNS(=O)(=O)N(C)CCCNC1CC1. The molecular formula is C13H29N3O2S. The molecule has 0 aromatic rings. The van der Waals surface area contributed by atoms with Crippen LogP contribution in [0.3, 0.4) is 0 Å². The van der Waals surface area contributed by atoms with Gasteiger partial charge in [0.1, 0.15) is 0 Å². The van der Waals surface area contributed by atoms with Crippen molar-refractivity contribution in [1.82, 2.24) is 14.3 Å². The molecule has 1 saturated carbocycles. The van der Waals surface area contributed by atoms with Gasteiger partial charge < -0.3 is 5.32 Å². The third kappa shape index (κ3) is 6.70. The summed E-state index contributed by atoms with van der Waals surface area (Å²) in [7, 11) is -1.66. The number of hydrogen-bond donors (Lipinski definition) is 2. The average Bonchev–Trinajstić information content (AvgIpc) is 3.19. The highest BCUT2D eigenvalue weighted by Gasteiger charge is 2.21. The zero-order chi connectivity index (χ0) is 14.3. The summed E-state index contributed by atoms with van der Waals surface area (Å²) in [5.41, 5.74) is 0. The minimum Gasteiger partial charge on any atom is -0.314 e. The van der Waals surface area contributed by atoms with Crippen LogP contribution in [-0.4, -0.2) is 45.4 Å². The molecule has 0 aliphatic heterocycles. The Hall–Kier alpha value is -0.170. The van der Waals surface area contributed by atoms with E-state index in [1.807, 2.05) is 0 Å². The van der Waals surface area contributed by atoms with E-state index in [0.717, 1.165) is 25.8 Å². The largest absolute Gasteiger partial charge is 0.314 e. The van der Waals surface area contributed by atoms with Crippen molar-refractivity contribution in [2.24, 2.45) is 5.92 Å². The first-order valence-electron chi connectivity index (χ1n) is 7.43. The molecule has 1 rings (SSSR count). The van der Waals surface area contributed by atoms with Crippen molar-refractivity contribution in [2.45, 2.75) is 52.0 Å². The normalized spacial score (nSPS) is 16.5. The van der Waals surface area contributed by atoms with Crippen molar-refractivity contribution in [1.29, 1.82) is 0 Å². The van der Waals surface area contributed by atoms with E-state index in [0.29, 0.717) is 25.0 Å². The lowest BCUT2D eigenvalue weighted by atomic mass is 10.0. The number of hydrogen-bond acceptors (Lipinski definition) is 3. The van der Waals surface area contributed by atoms with Crippen molar-refractivity contribution in [3.05, 3.63) is 0 Å². The molecule has 1 aliphatic rings. The monoisotopic (exact) mass is 291 g/mol. The van der Waals surface area contributed by atoms with Gasteiger partial charge in [-0.2, -0.15) is 12.7 Å². The van der Waals surface area contributed by atoms with E-state index in [4.69, 9.17) is 0 Å². The van der Waals surface area contributed by atoms with E-state index in [1.165, 1.54) is 17.1 Å². The molecule has 5 nitrogen and oxygen atoms in total. The second kappa shape index (κ2) is 8.19. The highest BCUT2D eigenvalue weighted by molar-refractivity contribution is 7.87. The molecule has 6 heteroatoms. The fourth-order valence-electron chi connectivity index (χ4n) is 1.93. The van der Waals surface area contributed by atoms with Gasteiger partial charge in [0.25, 0.3) is 10.2 Å². The highest BCUT2D eigenvalue weighted by Crippen LogP contribution is 2.18. The molecule has 0 amide bonds. The average molecular weight is 291 g/mol. The van der Waals surface area contributed by atoms with Gasteiger partial charge in [0.05, 0.1) is 0 Å². The fraction of sp³-hybridized carbons (Fsp3) is 1.00. The van der Waals surface area contributed by atoms with Gasteiger partial charge in [-0.1, -0.05) is 26.7 Å². The van der Waals surface area contributed by atoms with Crippen molar-refractivity contribution in [2.75, 3.05) is 26.7 Å². The molecule has 1 aliphatic carbocycles. The lowest BCUT2D eigenvalue weighted by Gasteiger charge is -2.20. The van der Waals surface area contributed by atoms with E-state index < -0.39 is 10.2 Å². The minimum absolute atomic E-state index is 0.430. The Morgan fingerprint density at radius 3 is 2.42 bits per heavy atom. The molecule has 0 aromatic heterocycles. The summed E-state index contributed by atoms with van der Waals surface area (Å²) < 4.78 is 28.1. The molecule has 19 heavy (non-hydrogen) atoms. The summed E-state index contributed by atoms with van der Waals surface area (Å²) in [6.07, 6.45) is 5.41. The lowest BCUT2D eigenvalue weighted by Crippen LogP contribution is -2.41. The van der Waals surface area contributed by atoms with Crippen LogP contribution in [0.1, 0.15) is 46.0 Å². The van der Waals surface area contributed by atoms with Crippen LogP contribution in [0.5, 0.6) is 0 Å². The van der Waals surface area contributed by atoms with Crippen LogP contribution in [-0.2, 0) is 10.2 Å². The molecule has 0 atom stereocenters. The number of nitrogens with one attached hydrogen (secondary N) is 2. The van der Waals surface area contributed by atoms with Crippen molar-refractivity contribution in [3.8, 4) is 0 Å². The van der Waals surface area contributed by atoms with Gasteiger partial charge in [-0.3, -0.25) is 0 Å². The van der Waals surface area contributed by atoms with Gasteiger partial charge in [0.15, 0.2) is 0 Å². The highest BCUT2D eigenvalue weighted by atomic mass is 32.2. The Morgan fingerprint density at radius 2 is 1.89 bits per heavy atom. The van der Waals surface area contributed by atoms with Crippen molar-refractivity contribution in [3.63, 3.8) is 0 Å². The summed E-state index contributed by atoms with van der Waals surface area (Å²) in [6, 6.07) is 0.690. The Labute approximate surface area is 118 Å². The topological polar surface area (TPSA) is 61.4 Å². The molecule has 0 bridgehead atoms. The third-order valence-corrected chi connectivity index (χ3v) is 5.31. The first kappa shape index (κ1) is 16.9. The summed E-state index contributed by atoms with van der Waals surface area (Å²) in [5.74, 6) is 0.430. The van der Waals surface area contributed by atoms with E-state index in [1.54, 1.807) is 7.05 Å². The predicted molar refractivity (Wildman–Crippen MR) is 79.3 cm³/mol. The van der Waals surface area contributed by atoms with Gasteiger partial charge in [0.2, 0.25) is 0 Å². The molecule has 0 heterocycles. The van der Waals surface area contributed by atoms with Crippen molar-refractivity contribution >= 4 is 10.2 Å².